The zero-order chi connectivity index (χ0) is 20.5. The van der Waals surface area contributed by atoms with Crippen LogP contribution in [0.2, 0.25) is 0 Å². The number of hydrogen-bond donors (Lipinski definition) is 2. The summed E-state index contributed by atoms with van der Waals surface area (Å²) in [7, 11) is -3.47. The molecule has 0 aliphatic heterocycles. The molecule has 0 radical (unpaired) electrons. The number of carbonyl (C=O) groups excluding carboxylic acids is 1. The summed E-state index contributed by atoms with van der Waals surface area (Å²) in [5, 5.41) is 2.62. The summed E-state index contributed by atoms with van der Waals surface area (Å²) in [5.74, 6) is 0.693. The molecule has 0 unspecified atom stereocenters. The highest BCUT2D eigenvalue weighted by Gasteiger charge is 2.12. The Balaban J connectivity index is 1.37. The summed E-state index contributed by atoms with van der Waals surface area (Å²) in [6.07, 6.45) is 2.15. The number of nitrogens with one attached hydrogen (secondary N) is 2. The molecular weight excluding hydrogens is 390 g/mol. The summed E-state index contributed by atoms with van der Waals surface area (Å²) >= 11 is 0. The van der Waals surface area contributed by atoms with Crippen molar-refractivity contribution >= 4 is 15.9 Å². The van der Waals surface area contributed by atoms with Crippen molar-refractivity contribution < 1.29 is 17.6 Å². The van der Waals surface area contributed by atoms with Crippen molar-refractivity contribution in [2.45, 2.75) is 19.4 Å². The van der Waals surface area contributed by atoms with Gasteiger partial charge in [-0.25, -0.2) is 18.1 Å². The number of hydrogen-bond acceptors (Lipinski definition) is 5. The maximum Gasteiger partial charge on any atom is 0.220 e. The zero-order valence-electron chi connectivity index (χ0n) is 15.9. The number of sulfonamides is 1. The number of oxazole rings is 1. The first-order valence-electron chi connectivity index (χ1n) is 9.30. The molecule has 1 amide bonds. The van der Waals surface area contributed by atoms with Crippen LogP contribution in [-0.4, -0.2) is 31.6 Å². The van der Waals surface area contributed by atoms with E-state index in [2.05, 4.69) is 15.0 Å². The molecule has 0 bridgehead atoms. The van der Waals surface area contributed by atoms with Gasteiger partial charge in [-0.3, -0.25) is 4.79 Å². The Hall–Kier alpha value is -2.97. The molecule has 0 aliphatic carbocycles. The van der Waals surface area contributed by atoms with Gasteiger partial charge in [-0.05, 0) is 5.56 Å². The number of carbonyl (C=O) groups is 1. The van der Waals surface area contributed by atoms with E-state index >= 15 is 0 Å². The van der Waals surface area contributed by atoms with Gasteiger partial charge in [0.2, 0.25) is 15.9 Å². The van der Waals surface area contributed by atoms with E-state index < -0.39 is 10.0 Å². The van der Waals surface area contributed by atoms with Gasteiger partial charge in [0.25, 0.3) is 0 Å². The van der Waals surface area contributed by atoms with E-state index in [4.69, 9.17) is 4.42 Å². The van der Waals surface area contributed by atoms with Gasteiger partial charge < -0.3 is 9.73 Å². The molecule has 7 nitrogen and oxygen atoms in total. The quantitative estimate of drug-likeness (QED) is 0.532. The highest BCUT2D eigenvalue weighted by Crippen LogP contribution is 2.20. The van der Waals surface area contributed by atoms with Crippen molar-refractivity contribution in [3.8, 4) is 11.3 Å². The topological polar surface area (TPSA) is 101 Å². The maximum absolute atomic E-state index is 12.0. The molecule has 3 aromatic rings. The molecule has 152 valence electrons. The first-order valence-corrected chi connectivity index (χ1v) is 11.0. The lowest BCUT2D eigenvalue weighted by molar-refractivity contribution is -0.121. The molecule has 2 N–H and O–H groups in total. The van der Waals surface area contributed by atoms with Crippen molar-refractivity contribution in [3.05, 3.63) is 78.3 Å². The number of amides is 1. The fourth-order valence-electron chi connectivity index (χ4n) is 2.66. The molecule has 0 saturated carbocycles. The average Bonchev–Trinajstić information content (AvgIpc) is 3.21. The van der Waals surface area contributed by atoms with E-state index in [9.17, 15) is 13.2 Å². The smallest absolute Gasteiger partial charge is 0.220 e. The van der Waals surface area contributed by atoms with Crippen LogP contribution in [0.3, 0.4) is 0 Å². The Morgan fingerprint density at radius 3 is 2.41 bits per heavy atom. The van der Waals surface area contributed by atoms with Crippen LogP contribution in [0, 0.1) is 0 Å². The third-order valence-corrected chi connectivity index (χ3v) is 5.54. The van der Waals surface area contributed by atoms with Crippen LogP contribution >= 0.6 is 0 Å². The van der Waals surface area contributed by atoms with Crippen molar-refractivity contribution in [2.24, 2.45) is 0 Å². The van der Waals surface area contributed by atoms with E-state index in [-0.39, 0.29) is 31.2 Å². The summed E-state index contributed by atoms with van der Waals surface area (Å²) in [6, 6.07) is 18.8. The largest absolute Gasteiger partial charge is 0.441 e. The van der Waals surface area contributed by atoms with Crippen LogP contribution in [0.15, 0.2) is 71.3 Å². The number of aromatic nitrogens is 1. The number of aryl methyl sites for hydroxylation is 1. The second-order valence-corrected chi connectivity index (χ2v) is 8.39. The highest BCUT2D eigenvalue weighted by atomic mass is 32.2. The molecule has 0 fully saturated rings. The van der Waals surface area contributed by atoms with Gasteiger partial charge in [0.1, 0.15) is 0 Å². The van der Waals surface area contributed by atoms with Gasteiger partial charge in [-0.1, -0.05) is 60.7 Å². The van der Waals surface area contributed by atoms with Gasteiger partial charge in [-0.15, -0.1) is 0 Å². The van der Waals surface area contributed by atoms with Gasteiger partial charge in [0.05, 0.1) is 11.9 Å². The number of rotatable bonds is 10. The normalized spacial score (nSPS) is 11.3. The van der Waals surface area contributed by atoms with Crippen LogP contribution in [0.4, 0.5) is 0 Å². The average molecular weight is 413 g/mol. The molecule has 8 heteroatoms. The monoisotopic (exact) mass is 413 g/mol. The maximum atomic E-state index is 12.0. The Bertz CT molecular complexity index is 1020. The van der Waals surface area contributed by atoms with Crippen molar-refractivity contribution in [3.63, 3.8) is 0 Å². The molecule has 2 aromatic carbocycles. The fourth-order valence-corrected chi connectivity index (χ4v) is 3.56. The standard InChI is InChI=1S/C21H23N3O4S/c25-20(11-12-21-23-16-19(28-21)18-9-5-2-6-10-18)22-13-14-29(26,27)24-15-17-7-3-1-4-8-17/h1-10,16,24H,11-15H2,(H,22,25). The van der Waals surface area contributed by atoms with E-state index in [1.807, 2.05) is 60.7 Å². The minimum Gasteiger partial charge on any atom is -0.441 e. The Morgan fingerprint density at radius 1 is 1.00 bits per heavy atom. The zero-order valence-corrected chi connectivity index (χ0v) is 16.7. The van der Waals surface area contributed by atoms with E-state index in [1.165, 1.54) is 0 Å². The lowest BCUT2D eigenvalue weighted by Crippen LogP contribution is -2.34. The van der Waals surface area contributed by atoms with Crippen molar-refractivity contribution in [1.82, 2.24) is 15.0 Å². The first-order chi connectivity index (χ1) is 14.0. The fraction of sp³-hybridized carbons (Fsp3) is 0.238. The molecule has 3 rings (SSSR count). The predicted molar refractivity (Wildman–Crippen MR) is 110 cm³/mol. The Kier molecular flexibility index (Phi) is 7.15. The lowest BCUT2D eigenvalue weighted by atomic mass is 10.2. The molecule has 1 aromatic heterocycles. The SMILES string of the molecule is O=C(CCc1ncc(-c2ccccc2)o1)NCCS(=O)(=O)NCc1ccccc1. The third kappa shape index (κ3) is 6.85. The minimum absolute atomic E-state index is 0.0454. The lowest BCUT2D eigenvalue weighted by Gasteiger charge is -2.08. The van der Waals surface area contributed by atoms with E-state index in [1.54, 1.807) is 6.20 Å². The third-order valence-electron chi connectivity index (χ3n) is 4.21. The van der Waals surface area contributed by atoms with Crippen LogP contribution in [0.1, 0.15) is 17.9 Å². The summed E-state index contributed by atoms with van der Waals surface area (Å²) in [6.45, 7) is 0.273. The van der Waals surface area contributed by atoms with Gasteiger partial charge in [-0.2, -0.15) is 0 Å². The van der Waals surface area contributed by atoms with Crippen LogP contribution in [0.5, 0.6) is 0 Å². The molecule has 0 atom stereocenters. The van der Waals surface area contributed by atoms with Crippen LogP contribution in [-0.2, 0) is 27.8 Å². The van der Waals surface area contributed by atoms with Crippen molar-refractivity contribution in [2.75, 3.05) is 12.3 Å². The van der Waals surface area contributed by atoms with Crippen LogP contribution < -0.4 is 10.0 Å². The predicted octanol–water partition coefficient (Wildman–Crippen LogP) is 2.51. The van der Waals surface area contributed by atoms with E-state index in [0.717, 1.165) is 11.1 Å². The van der Waals surface area contributed by atoms with Crippen LogP contribution in [0.25, 0.3) is 11.3 Å². The second-order valence-electron chi connectivity index (χ2n) is 6.46. The molecule has 29 heavy (non-hydrogen) atoms. The number of benzene rings is 2. The molecule has 0 aliphatic rings. The number of nitrogens with zero attached hydrogens (tertiary/aromatic N) is 1. The van der Waals surface area contributed by atoms with Gasteiger partial charge in [0.15, 0.2) is 11.7 Å². The second kappa shape index (κ2) is 9.99. The van der Waals surface area contributed by atoms with E-state index in [0.29, 0.717) is 18.1 Å². The Morgan fingerprint density at radius 2 is 1.69 bits per heavy atom. The van der Waals surface area contributed by atoms with Gasteiger partial charge in [0, 0.05) is 31.5 Å². The first kappa shape index (κ1) is 20.8. The highest BCUT2D eigenvalue weighted by molar-refractivity contribution is 7.89. The van der Waals surface area contributed by atoms with Gasteiger partial charge >= 0.3 is 0 Å². The summed E-state index contributed by atoms with van der Waals surface area (Å²) in [5.41, 5.74) is 1.80. The molecule has 1 heterocycles. The van der Waals surface area contributed by atoms with Crippen molar-refractivity contribution in [1.29, 1.82) is 0 Å². The molecular formula is C21H23N3O4S. The summed E-state index contributed by atoms with van der Waals surface area (Å²) in [4.78, 5) is 16.1. The Labute approximate surface area is 170 Å². The molecule has 0 spiro atoms. The molecule has 0 saturated heterocycles. The summed E-state index contributed by atoms with van der Waals surface area (Å²) < 4.78 is 32.2. The minimum atomic E-state index is -3.47.